The molecule has 1 aromatic carbocycles. The molecule has 1 rings (SSSR count). The van der Waals surface area contributed by atoms with Gasteiger partial charge >= 0.3 is 0 Å². The number of alkyl halides is 1. The predicted molar refractivity (Wildman–Crippen MR) is 42.2 cm³/mol. The van der Waals surface area contributed by atoms with Crippen molar-refractivity contribution in [3.05, 3.63) is 23.8 Å². The Morgan fingerprint density at radius 1 is 1.55 bits per heavy atom. The van der Waals surface area contributed by atoms with E-state index in [2.05, 4.69) is 0 Å². The van der Waals surface area contributed by atoms with Crippen LogP contribution in [0.15, 0.2) is 18.2 Å². The molecular formula is C8H10FNO. The highest BCUT2D eigenvalue weighted by molar-refractivity contribution is 5.47. The van der Waals surface area contributed by atoms with Crippen LogP contribution >= 0.6 is 0 Å². The molecule has 0 radical (unpaired) electrons. The molecule has 0 bridgehead atoms. The molecule has 0 aliphatic carbocycles. The zero-order valence-electron chi connectivity index (χ0n) is 6.30. The van der Waals surface area contributed by atoms with E-state index in [9.17, 15) is 4.39 Å². The Morgan fingerprint density at radius 2 is 2.27 bits per heavy atom. The van der Waals surface area contributed by atoms with Crippen LogP contribution in [-0.2, 0) is 6.67 Å². The third-order valence-electron chi connectivity index (χ3n) is 1.45. The lowest BCUT2D eigenvalue weighted by molar-refractivity contribution is 0.394. The Labute approximate surface area is 64.8 Å². The van der Waals surface area contributed by atoms with Gasteiger partial charge < -0.3 is 10.5 Å². The molecule has 0 aliphatic rings. The molecule has 0 saturated carbocycles. The molecule has 2 N–H and O–H groups in total. The molecule has 60 valence electrons. The summed E-state index contributed by atoms with van der Waals surface area (Å²) in [5.41, 5.74) is 6.48. The second-order valence-corrected chi connectivity index (χ2v) is 2.20. The number of benzene rings is 1. The van der Waals surface area contributed by atoms with Crippen molar-refractivity contribution in [3.63, 3.8) is 0 Å². The van der Waals surface area contributed by atoms with E-state index in [0.717, 1.165) is 0 Å². The van der Waals surface area contributed by atoms with Gasteiger partial charge in [-0.3, -0.25) is 0 Å². The maximum absolute atomic E-state index is 12.2. The highest BCUT2D eigenvalue weighted by Crippen LogP contribution is 2.21. The highest BCUT2D eigenvalue weighted by Gasteiger charge is 2.01. The molecule has 0 unspecified atom stereocenters. The Kier molecular flexibility index (Phi) is 2.31. The molecule has 0 atom stereocenters. The molecule has 0 aromatic heterocycles. The Hall–Kier alpha value is -1.25. The number of hydrogen-bond donors (Lipinski definition) is 1. The number of nitrogens with two attached hydrogens (primary N) is 1. The fourth-order valence-electron chi connectivity index (χ4n) is 0.903. The van der Waals surface area contributed by atoms with Crippen LogP contribution in [0, 0.1) is 0 Å². The quantitative estimate of drug-likeness (QED) is 0.660. The second kappa shape index (κ2) is 3.23. The van der Waals surface area contributed by atoms with Crippen molar-refractivity contribution in [2.24, 2.45) is 0 Å². The molecule has 0 heterocycles. The number of methoxy groups -OCH3 is 1. The lowest BCUT2D eigenvalue weighted by Gasteiger charge is -2.04. The minimum absolute atomic E-state index is 0.493. The van der Waals surface area contributed by atoms with Crippen molar-refractivity contribution in [2.45, 2.75) is 6.67 Å². The Bertz CT molecular complexity index is 250. The van der Waals surface area contributed by atoms with Crippen molar-refractivity contribution in [2.75, 3.05) is 12.8 Å². The molecular weight excluding hydrogens is 145 g/mol. The van der Waals surface area contributed by atoms with Crippen molar-refractivity contribution in [1.29, 1.82) is 0 Å². The Balaban J connectivity index is 3.06. The predicted octanol–water partition coefficient (Wildman–Crippen LogP) is 1.75. The topological polar surface area (TPSA) is 35.2 Å². The SMILES string of the molecule is COc1ccc(N)cc1CF. The van der Waals surface area contributed by atoms with Gasteiger partial charge in [0.05, 0.1) is 7.11 Å². The summed E-state index contributed by atoms with van der Waals surface area (Å²) < 4.78 is 17.1. The first-order valence-electron chi connectivity index (χ1n) is 3.26. The largest absolute Gasteiger partial charge is 0.496 e. The van der Waals surface area contributed by atoms with E-state index in [1.165, 1.54) is 7.11 Å². The molecule has 0 spiro atoms. The van der Waals surface area contributed by atoms with Crippen LogP contribution in [0.5, 0.6) is 5.75 Å². The van der Waals surface area contributed by atoms with E-state index in [1.54, 1.807) is 18.2 Å². The third-order valence-corrected chi connectivity index (χ3v) is 1.45. The molecule has 0 aliphatic heterocycles. The van der Waals surface area contributed by atoms with Gasteiger partial charge in [0.15, 0.2) is 0 Å². The number of anilines is 1. The second-order valence-electron chi connectivity index (χ2n) is 2.20. The van der Waals surface area contributed by atoms with Gasteiger partial charge in [-0.15, -0.1) is 0 Å². The molecule has 11 heavy (non-hydrogen) atoms. The minimum atomic E-state index is -0.547. The van der Waals surface area contributed by atoms with Crippen LogP contribution in [0.4, 0.5) is 10.1 Å². The lowest BCUT2D eigenvalue weighted by atomic mass is 10.2. The first kappa shape index (κ1) is 7.85. The van der Waals surface area contributed by atoms with E-state index in [-0.39, 0.29) is 0 Å². The van der Waals surface area contributed by atoms with E-state index < -0.39 is 6.67 Å². The standard InChI is InChI=1S/C8H10FNO/c1-11-8-3-2-7(10)4-6(8)5-9/h2-4H,5,10H2,1H3. The zero-order valence-corrected chi connectivity index (χ0v) is 6.30. The fraction of sp³-hybridized carbons (Fsp3) is 0.250. The Morgan fingerprint density at radius 3 is 2.82 bits per heavy atom. The third kappa shape index (κ3) is 1.61. The molecule has 0 amide bonds. The number of nitrogen functional groups attached to an aromatic ring is 1. The number of halogens is 1. The smallest absolute Gasteiger partial charge is 0.124 e. The summed E-state index contributed by atoms with van der Waals surface area (Å²) in [6.45, 7) is -0.547. The minimum Gasteiger partial charge on any atom is -0.496 e. The van der Waals surface area contributed by atoms with Gasteiger partial charge in [-0.05, 0) is 18.2 Å². The summed E-state index contributed by atoms with van der Waals surface area (Å²) in [7, 11) is 1.50. The van der Waals surface area contributed by atoms with E-state index in [4.69, 9.17) is 10.5 Å². The lowest BCUT2D eigenvalue weighted by Crippen LogP contribution is -1.92. The average Bonchev–Trinajstić information content (AvgIpc) is 2.04. The summed E-state index contributed by atoms with van der Waals surface area (Å²) in [5.74, 6) is 0.543. The summed E-state index contributed by atoms with van der Waals surface area (Å²) in [4.78, 5) is 0. The summed E-state index contributed by atoms with van der Waals surface area (Å²) >= 11 is 0. The average molecular weight is 155 g/mol. The maximum Gasteiger partial charge on any atom is 0.124 e. The fourth-order valence-corrected chi connectivity index (χ4v) is 0.903. The zero-order chi connectivity index (χ0) is 8.27. The number of ether oxygens (including phenoxy) is 1. The van der Waals surface area contributed by atoms with Crippen LogP contribution < -0.4 is 10.5 Å². The van der Waals surface area contributed by atoms with Crippen LogP contribution in [0.1, 0.15) is 5.56 Å². The molecule has 3 heteroatoms. The van der Waals surface area contributed by atoms with Gasteiger partial charge in [0.2, 0.25) is 0 Å². The van der Waals surface area contributed by atoms with Crippen LogP contribution in [0.3, 0.4) is 0 Å². The van der Waals surface area contributed by atoms with Crippen LogP contribution in [-0.4, -0.2) is 7.11 Å². The first-order chi connectivity index (χ1) is 5.27. The van der Waals surface area contributed by atoms with Crippen molar-refractivity contribution >= 4 is 5.69 Å². The summed E-state index contributed by atoms with van der Waals surface area (Å²) in [5, 5.41) is 0. The van der Waals surface area contributed by atoms with E-state index >= 15 is 0 Å². The molecule has 0 fully saturated rings. The van der Waals surface area contributed by atoms with Gasteiger partial charge in [0.1, 0.15) is 12.4 Å². The van der Waals surface area contributed by atoms with Crippen LogP contribution in [0.25, 0.3) is 0 Å². The van der Waals surface area contributed by atoms with Gasteiger partial charge in [-0.25, -0.2) is 4.39 Å². The molecule has 1 aromatic rings. The number of hydrogen-bond acceptors (Lipinski definition) is 2. The number of rotatable bonds is 2. The van der Waals surface area contributed by atoms with Gasteiger partial charge in [-0.1, -0.05) is 0 Å². The van der Waals surface area contributed by atoms with Crippen molar-refractivity contribution < 1.29 is 9.13 Å². The highest BCUT2D eigenvalue weighted by atomic mass is 19.1. The first-order valence-corrected chi connectivity index (χ1v) is 3.26. The van der Waals surface area contributed by atoms with Gasteiger partial charge in [-0.2, -0.15) is 0 Å². The van der Waals surface area contributed by atoms with Crippen molar-refractivity contribution in [1.82, 2.24) is 0 Å². The van der Waals surface area contributed by atoms with Crippen molar-refractivity contribution in [3.8, 4) is 5.75 Å². The van der Waals surface area contributed by atoms with E-state index in [1.807, 2.05) is 0 Å². The normalized spacial score (nSPS) is 9.64. The van der Waals surface area contributed by atoms with E-state index in [0.29, 0.717) is 17.0 Å². The summed E-state index contributed by atoms with van der Waals surface area (Å²) in [6.07, 6.45) is 0. The molecule has 0 saturated heterocycles. The van der Waals surface area contributed by atoms with Crippen LogP contribution in [0.2, 0.25) is 0 Å². The monoisotopic (exact) mass is 155 g/mol. The molecule has 2 nitrogen and oxygen atoms in total. The summed E-state index contributed by atoms with van der Waals surface area (Å²) in [6, 6.07) is 4.90. The van der Waals surface area contributed by atoms with Gasteiger partial charge in [0.25, 0.3) is 0 Å². The van der Waals surface area contributed by atoms with Gasteiger partial charge in [0, 0.05) is 11.3 Å². The maximum atomic E-state index is 12.2.